The van der Waals surface area contributed by atoms with Crippen LogP contribution in [-0.2, 0) is 6.42 Å². The van der Waals surface area contributed by atoms with Crippen LogP contribution in [0.25, 0.3) is 22.0 Å². The molecule has 6 heteroatoms. The largest absolute Gasteiger partial charge is 0.492 e. The van der Waals surface area contributed by atoms with Crippen LogP contribution in [0, 0.1) is 0 Å². The van der Waals surface area contributed by atoms with Crippen molar-refractivity contribution >= 4 is 34.1 Å². The summed E-state index contributed by atoms with van der Waals surface area (Å²) in [5.41, 5.74) is 3.72. The Balaban J connectivity index is 1.97. The van der Waals surface area contributed by atoms with E-state index in [0.717, 1.165) is 40.8 Å². The van der Waals surface area contributed by atoms with Gasteiger partial charge >= 0.3 is 0 Å². The van der Waals surface area contributed by atoms with E-state index in [1.165, 1.54) is 0 Å². The minimum Gasteiger partial charge on any atom is -0.492 e. The van der Waals surface area contributed by atoms with Gasteiger partial charge in [-0.3, -0.25) is 5.10 Å². The first-order chi connectivity index (χ1) is 12.0. The van der Waals surface area contributed by atoms with Crippen molar-refractivity contribution in [3.8, 4) is 16.9 Å². The Hall–Kier alpha value is -1.75. The summed E-state index contributed by atoms with van der Waals surface area (Å²) in [6.07, 6.45) is 2.63. The highest BCUT2D eigenvalue weighted by molar-refractivity contribution is 6.42. The van der Waals surface area contributed by atoms with Crippen molar-refractivity contribution in [1.82, 2.24) is 15.1 Å². The Morgan fingerprint density at radius 1 is 1.20 bits per heavy atom. The summed E-state index contributed by atoms with van der Waals surface area (Å²) in [6.45, 7) is 3.65. The SMILES string of the molecule is CCc1cc(-c2cc(Cl)c3c[nH]nc3c2Cl)ccc1OCCN(C)C. The summed E-state index contributed by atoms with van der Waals surface area (Å²) < 4.78 is 5.92. The first-order valence-electron chi connectivity index (χ1n) is 8.23. The van der Waals surface area contributed by atoms with Gasteiger partial charge in [0.15, 0.2) is 0 Å². The molecular weight excluding hydrogens is 357 g/mol. The van der Waals surface area contributed by atoms with Gasteiger partial charge in [-0.2, -0.15) is 5.10 Å². The fourth-order valence-corrected chi connectivity index (χ4v) is 3.31. The summed E-state index contributed by atoms with van der Waals surface area (Å²) in [5.74, 6) is 0.913. The van der Waals surface area contributed by atoms with E-state index in [2.05, 4.69) is 28.1 Å². The number of aromatic amines is 1. The van der Waals surface area contributed by atoms with Crippen LogP contribution >= 0.6 is 23.2 Å². The van der Waals surface area contributed by atoms with Gasteiger partial charge in [0.25, 0.3) is 0 Å². The van der Waals surface area contributed by atoms with E-state index in [1.54, 1.807) is 6.20 Å². The lowest BCUT2D eigenvalue weighted by atomic mass is 10.00. The smallest absolute Gasteiger partial charge is 0.122 e. The highest BCUT2D eigenvalue weighted by Gasteiger charge is 2.15. The third kappa shape index (κ3) is 3.76. The number of nitrogens with zero attached hydrogens (tertiary/aromatic N) is 2. The zero-order valence-corrected chi connectivity index (χ0v) is 16.1. The highest BCUT2D eigenvalue weighted by Crippen LogP contribution is 2.38. The molecule has 0 saturated heterocycles. The Morgan fingerprint density at radius 3 is 2.72 bits per heavy atom. The predicted molar refractivity (Wildman–Crippen MR) is 105 cm³/mol. The number of halogens is 2. The van der Waals surface area contributed by atoms with Gasteiger partial charge in [0, 0.05) is 23.7 Å². The molecule has 0 aliphatic carbocycles. The number of nitrogens with one attached hydrogen (secondary N) is 1. The van der Waals surface area contributed by atoms with E-state index in [1.807, 2.05) is 32.3 Å². The van der Waals surface area contributed by atoms with Gasteiger partial charge in [0.05, 0.1) is 10.0 Å². The normalized spacial score (nSPS) is 11.4. The zero-order valence-electron chi connectivity index (χ0n) is 14.6. The molecule has 0 bridgehead atoms. The van der Waals surface area contributed by atoms with Crippen molar-refractivity contribution in [1.29, 1.82) is 0 Å². The van der Waals surface area contributed by atoms with Crippen molar-refractivity contribution in [2.45, 2.75) is 13.3 Å². The number of ether oxygens (including phenoxy) is 1. The van der Waals surface area contributed by atoms with Crippen LogP contribution in [0.1, 0.15) is 12.5 Å². The van der Waals surface area contributed by atoms with Crippen LogP contribution in [0.2, 0.25) is 10.0 Å². The number of aromatic nitrogens is 2. The molecule has 0 amide bonds. The van der Waals surface area contributed by atoms with E-state index in [9.17, 15) is 0 Å². The number of fused-ring (bicyclic) bond motifs is 1. The molecule has 1 aromatic heterocycles. The number of hydrogen-bond donors (Lipinski definition) is 1. The second-order valence-electron chi connectivity index (χ2n) is 6.20. The van der Waals surface area contributed by atoms with Crippen LogP contribution in [0.15, 0.2) is 30.5 Å². The second-order valence-corrected chi connectivity index (χ2v) is 6.98. The fraction of sp³-hybridized carbons (Fsp3) is 0.316. The minimum absolute atomic E-state index is 0.601. The van der Waals surface area contributed by atoms with Crippen molar-refractivity contribution in [3.05, 3.63) is 46.1 Å². The van der Waals surface area contributed by atoms with Gasteiger partial charge in [-0.15, -0.1) is 0 Å². The van der Waals surface area contributed by atoms with Crippen LogP contribution < -0.4 is 4.74 Å². The van der Waals surface area contributed by atoms with Crippen LogP contribution in [0.4, 0.5) is 0 Å². The molecule has 0 fully saturated rings. The molecule has 132 valence electrons. The van der Waals surface area contributed by atoms with Crippen molar-refractivity contribution < 1.29 is 4.74 Å². The van der Waals surface area contributed by atoms with E-state index in [0.29, 0.717) is 22.2 Å². The van der Waals surface area contributed by atoms with Gasteiger partial charge in [0.1, 0.15) is 17.9 Å². The highest BCUT2D eigenvalue weighted by atomic mass is 35.5. The first kappa shape index (κ1) is 18.1. The third-order valence-corrected chi connectivity index (χ3v) is 4.86. The molecular formula is C19H21Cl2N3O. The van der Waals surface area contributed by atoms with Crippen molar-refractivity contribution in [3.63, 3.8) is 0 Å². The number of H-pyrrole nitrogens is 1. The molecule has 0 spiro atoms. The van der Waals surface area contributed by atoms with Gasteiger partial charge in [0.2, 0.25) is 0 Å². The molecule has 0 aliphatic rings. The molecule has 1 heterocycles. The van der Waals surface area contributed by atoms with Gasteiger partial charge in [-0.25, -0.2) is 0 Å². The van der Waals surface area contributed by atoms with Crippen molar-refractivity contribution in [2.24, 2.45) is 0 Å². The van der Waals surface area contributed by atoms with Crippen LogP contribution in [-0.4, -0.2) is 42.3 Å². The Labute approximate surface area is 157 Å². The maximum atomic E-state index is 6.57. The topological polar surface area (TPSA) is 41.1 Å². The zero-order chi connectivity index (χ0) is 18.0. The summed E-state index contributed by atoms with van der Waals surface area (Å²) in [4.78, 5) is 2.10. The monoisotopic (exact) mass is 377 g/mol. The molecule has 0 atom stereocenters. The first-order valence-corrected chi connectivity index (χ1v) is 8.99. The Kier molecular flexibility index (Phi) is 5.52. The molecule has 4 nitrogen and oxygen atoms in total. The maximum absolute atomic E-state index is 6.57. The molecule has 3 aromatic rings. The minimum atomic E-state index is 0.601. The number of benzene rings is 2. The van der Waals surface area contributed by atoms with Crippen molar-refractivity contribution in [2.75, 3.05) is 27.2 Å². The van der Waals surface area contributed by atoms with Crippen LogP contribution in [0.5, 0.6) is 5.75 Å². The fourth-order valence-electron chi connectivity index (χ4n) is 2.75. The predicted octanol–water partition coefficient (Wildman–Crippen LogP) is 5.04. The average molecular weight is 378 g/mol. The number of hydrogen-bond acceptors (Lipinski definition) is 3. The number of rotatable bonds is 6. The lowest BCUT2D eigenvalue weighted by molar-refractivity contribution is 0.259. The van der Waals surface area contributed by atoms with E-state index >= 15 is 0 Å². The lowest BCUT2D eigenvalue weighted by Gasteiger charge is -2.15. The van der Waals surface area contributed by atoms with Gasteiger partial charge in [-0.05, 0) is 49.8 Å². The average Bonchev–Trinajstić information content (AvgIpc) is 3.09. The standard InChI is InChI=1S/C19H21Cl2N3O/c1-4-12-9-13(5-6-17(12)25-8-7-24(2)3)14-10-16(20)15-11-22-23-19(15)18(14)21/h5-6,9-11H,4,7-8H2,1-3H3,(H,22,23). The molecule has 1 N–H and O–H groups in total. The maximum Gasteiger partial charge on any atom is 0.122 e. The number of aryl methyl sites for hydroxylation is 1. The molecule has 3 rings (SSSR count). The van der Waals surface area contributed by atoms with Crippen LogP contribution in [0.3, 0.4) is 0 Å². The quantitative estimate of drug-likeness (QED) is 0.653. The molecule has 2 aromatic carbocycles. The summed E-state index contributed by atoms with van der Waals surface area (Å²) >= 11 is 12.9. The Morgan fingerprint density at radius 2 is 2.00 bits per heavy atom. The Bertz CT molecular complexity index is 890. The molecule has 0 unspecified atom stereocenters. The second kappa shape index (κ2) is 7.65. The molecule has 0 radical (unpaired) electrons. The van der Waals surface area contributed by atoms with E-state index in [4.69, 9.17) is 27.9 Å². The molecule has 25 heavy (non-hydrogen) atoms. The summed E-state index contributed by atoms with van der Waals surface area (Å²) in [6, 6.07) is 8.02. The third-order valence-electron chi connectivity index (χ3n) is 4.16. The van der Waals surface area contributed by atoms with Gasteiger partial charge < -0.3 is 9.64 Å². The lowest BCUT2D eigenvalue weighted by Crippen LogP contribution is -2.19. The molecule has 0 saturated carbocycles. The summed E-state index contributed by atoms with van der Waals surface area (Å²) in [7, 11) is 4.06. The van der Waals surface area contributed by atoms with E-state index in [-0.39, 0.29) is 0 Å². The summed E-state index contributed by atoms with van der Waals surface area (Å²) in [5, 5.41) is 9.09. The van der Waals surface area contributed by atoms with E-state index < -0.39 is 0 Å². The van der Waals surface area contributed by atoms with Gasteiger partial charge in [-0.1, -0.05) is 36.2 Å². The number of likely N-dealkylation sites (N-methyl/N-ethyl adjacent to an activating group) is 1. The molecule has 0 aliphatic heterocycles.